The van der Waals surface area contributed by atoms with Crippen molar-refractivity contribution >= 4 is 28.5 Å². The van der Waals surface area contributed by atoms with Gasteiger partial charge in [-0.15, -0.1) is 6.42 Å². The second-order valence-electron chi connectivity index (χ2n) is 7.88. The summed E-state index contributed by atoms with van der Waals surface area (Å²) in [5, 5.41) is 16.7. The highest BCUT2D eigenvalue weighted by molar-refractivity contribution is 5.88. The number of fused-ring (bicyclic) bond motifs is 2. The van der Waals surface area contributed by atoms with E-state index in [1.165, 1.54) is 12.1 Å². The number of carbonyl (C=O) groups is 2. The normalized spacial score (nSPS) is 14.4. The Bertz CT molecular complexity index is 1440. The SMILES string of the molecule is C#CCN(c1ccc(C(=O)O)c(F)c1)C1CCc2cc3nc(C)[nH]c(=O)c3cc21.O=C(O)C(F)(F)F. The third-order valence-electron chi connectivity index (χ3n) is 5.53. The molecule has 0 aliphatic heterocycles. The molecule has 0 bridgehead atoms. The lowest BCUT2D eigenvalue weighted by Gasteiger charge is -2.30. The number of rotatable bonds is 4. The maximum atomic E-state index is 14.3. The number of aromatic amines is 1. The van der Waals surface area contributed by atoms with E-state index in [9.17, 15) is 27.2 Å². The topological polar surface area (TPSA) is 124 Å². The van der Waals surface area contributed by atoms with Crippen LogP contribution < -0.4 is 10.5 Å². The summed E-state index contributed by atoms with van der Waals surface area (Å²) in [4.78, 5) is 41.4. The van der Waals surface area contributed by atoms with Gasteiger partial charge in [0.05, 0.1) is 29.1 Å². The maximum Gasteiger partial charge on any atom is 0.490 e. The molecule has 1 aliphatic carbocycles. The van der Waals surface area contributed by atoms with E-state index in [1.807, 2.05) is 17.0 Å². The van der Waals surface area contributed by atoms with Gasteiger partial charge in [0.2, 0.25) is 0 Å². The number of carboxylic acids is 2. The average molecular weight is 505 g/mol. The molecular weight excluding hydrogens is 486 g/mol. The van der Waals surface area contributed by atoms with E-state index in [0.717, 1.165) is 24.0 Å². The third kappa shape index (κ3) is 5.46. The molecule has 0 amide bonds. The fourth-order valence-corrected chi connectivity index (χ4v) is 4.00. The van der Waals surface area contributed by atoms with Crippen LogP contribution >= 0.6 is 0 Å². The minimum atomic E-state index is -5.08. The van der Waals surface area contributed by atoms with Crippen molar-refractivity contribution in [2.75, 3.05) is 11.4 Å². The molecule has 2 aromatic carbocycles. The molecule has 188 valence electrons. The number of anilines is 1. The number of aromatic nitrogens is 2. The molecule has 0 spiro atoms. The number of alkyl halides is 3. The fourth-order valence-electron chi connectivity index (χ4n) is 4.00. The Kier molecular flexibility index (Phi) is 7.33. The maximum absolute atomic E-state index is 14.3. The van der Waals surface area contributed by atoms with E-state index < -0.39 is 23.9 Å². The van der Waals surface area contributed by atoms with Crippen molar-refractivity contribution < 1.29 is 37.4 Å². The second kappa shape index (κ2) is 10.1. The zero-order valence-corrected chi connectivity index (χ0v) is 18.7. The minimum absolute atomic E-state index is 0.152. The third-order valence-corrected chi connectivity index (χ3v) is 5.53. The zero-order chi connectivity index (χ0) is 26.8. The molecule has 4 rings (SSSR count). The van der Waals surface area contributed by atoms with Gasteiger partial charge in [-0.1, -0.05) is 5.92 Å². The van der Waals surface area contributed by atoms with Gasteiger partial charge in [0.1, 0.15) is 11.6 Å². The van der Waals surface area contributed by atoms with Crippen LogP contribution in [0.1, 0.15) is 39.8 Å². The lowest BCUT2D eigenvalue weighted by molar-refractivity contribution is -0.192. The number of nitrogens with one attached hydrogen (secondary N) is 1. The molecule has 3 aromatic rings. The Morgan fingerprint density at radius 1 is 1.25 bits per heavy atom. The summed E-state index contributed by atoms with van der Waals surface area (Å²) >= 11 is 0. The molecular formula is C24H19F4N3O5. The van der Waals surface area contributed by atoms with E-state index in [1.54, 1.807) is 13.0 Å². The number of hydrogen-bond donors (Lipinski definition) is 3. The fraction of sp³-hybridized carbons (Fsp3) is 0.250. The standard InChI is InChI=1S/C22H18FN3O3.C2HF3O2/c1-3-8-26(14-5-6-15(22(28)29)18(23)10-14)20-7-4-13-9-19-17(11-16(13)20)21(27)25-12(2)24-19;3-2(4,5)1(6)7/h1,5-6,9-11,20H,4,7-8H2,2H3,(H,28,29)(H,24,25,27);(H,6,7). The van der Waals surface area contributed by atoms with Crippen LogP contribution in [-0.4, -0.2) is 44.8 Å². The number of halogens is 4. The lowest BCUT2D eigenvalue weighted by Crippen LogP contribution is -2.28. The Morgan fingerprint density at radius 2 is 1.92 bits per heavy atom. The van der Waals surface area contributed by atoms with Gasteiger partial charge in [0.15, 0.2) is 0 Å². The van der Waals surface area contributed by atoms with Crippen LogP contribution in [0, 0.1) is 25.1 Å². The molecule has 12 heteroatoms. The molecule has 1 aromatic heterocycles. The second-order valence-corrected chi connectivity index (χ2v) is 7.88. The van der Waals surface area contributed by atoms with Crippen molar-refractivity contribution in [3.8, 4) is 12.3 Å². The van der Waals surface area contributed by atoms with Gasteiger partial charge in [0, 0.05) is 5.69 Å². The Labute approximate surface area is 201 Å². The molecule has 1 heterocycles. The van der Waals surface area contributed by atoms with Crippen LogP contribution in [0.5, 0.6) is 0 Å². The van der Waals surface area contributed by atoms with Crippen molar-refractivity contribution in [2.24, 2.45) is 0 Å². The van der Waals surface area contributed by atoms with Crippen LogP contribution in [0.15, 0.2) is 35.1 Å². The van der Waals surface area contributed by atoms with Gasteiger partial charge >= 0.3 is 18.1 Å². The lowest BCUT2D eigenvalue weighted by atomic mass is 10.0. The van der Waals surface area contributed by atoms with Crippen LogP contribution in [0.4, 0.5) is 23.2 Å². The molecule has 0 saturated heterocycles. The summed E-state index contributed by atoms with van der Waals surface area (Å²) in [6, 6.07) is 7.59. The van der Waals surface area contributed by atoms with Gasteiger partial charge in [-0.25, -0.2) is 19.0 Å². The quantitative estimate of drug-likeness (QED) is 0.364. The highest BCUT2D eigenvalue weighted by Gasteiger charge is 2.38. The number of H-pyrrole nitrogens is 1. The van der Waals surface area contributed by atoms with Gasteiger partial charge in [-0.3, -0.25) is 4.79 Å². The molecule has 1 atom stereocenters. The Balaban J connectivity index is 0.000000454. The first-order valence-electron chi connectivity index (χ1n) is 10.4. The molecule has 3 N–H and O–H groups in total. The van der Waals surface area contributed by atoms with Gasteiger partial charge < -0.3 is 20.1 Å². The highest BCUT2D eigenvalue weighted by Crippen LogP contribution is 2.39. The predicted molar refractivity (Wildman–Crippen MR) is 121 cm³/mol. The van der Waals surface area contributed by atoms with Crippen molar-refractivity contribution in [1.82, 2.24) is 9.97 Å². The van der Waals surface area contributed by atoms with E-state index in [0.29, 0.717) is 22.4 Å². The van der Waals surface area contributed by atoms with Crippen LogP contribution in [0.2, 0.25) is 0 Å². The summed E-state index contributed by atoms with van der Waals surface area (Å²) in [6.45, 7) is 1.96. The number of aliphatic carboxylic acids is 1. The van der Waals surface area contributed by atoms with Crippen molar-refractivity contribution in [3.05, 3.63) is 69.0 Å². The average Bonchev–Trinajstić information content (AvgIpc) is 3.18. The Hall–Kier alpha value is -4.40. The first kappa shape index (κ1) is 26.2. The first-order chi connectivity index (χ1) is 16.8. The van der Waals surface area contributed by atoms with E-state index in [-0.39, 0.29) is 23.7 Å². The first-order valence-corrected chi connectivity index (χ1v) is 10.4. The minimum Gasteiger partial charge on any atom is -0.478 e. The molecule has 0 fully saturated rings. The number of terminal acetylenes is 1. The number of nitrogens with zero attached hydrogens (tertiary/aromatic N) is 2. The zero-order valence-electron chi connectivity index (χ0n) is 18.7. The number of aromatic carboxylic acids is 1. The summed E-state index contributed by atoms with van der Waals surface area (Å²) in [7, 11) is 0. The largest absolute Gasteiger partial charge is 0.490 e. The van der Waals surface area contributed by atoms with Crippen molar-refractivity contribution in [1.29, 1.82) is 0 Å². The van der Waals surface area contributed by atoms with Crippen LogP contribution in [-0.2, 0) is 11.2 Å². The molecule has 8 nitrogen and oxygen atoms in total. The van der Waals surface area contributed by atoms with E-state index >= 15 is 0 Å². The number of benzene rings is 2. The molecule has 36 heavy (non-hydrogen) atoms. The summed E-state index contributed by atoms with van der Waals surface area (Å²) in [5.41, 5.74) is 2.57. The van der Waals surface area contributed by atoms with Gasteiger partial charge in [-0.2, -0.15) is 13.2 Å². The monoisotopic (exact) mass is 505 g/mol. The smallest absolute Gasteiger partial charge is 0.478 e. The van der Waals surface area contributed by atoms with Crippen LogP contribution in [0.25, 0.3) is 10.9 Å². The predicted octanol–water partition coefficient (Wildman–Crippen LogP) is 3.83. The van der Waals surface area contributed by atoms with E-state index in [4.69, 9.17) is 21.4 Å². The molecule has 1 aliphatic rings. The number of aryl methyl sites for hydroxylation is 2. The summed E-state index contributed by atoms with van der Waals surface area (Å²) < 4.78 is 46.0. The highest BCUT2D eigenvalue weighted by atomic mass is 19.4. The molecule has 0 radical (unpaired) electrons. The van der Waals surface area contributed by atoms with Gasteiger partial charge in [0.25, 0.3) is 5.56 Å². The van der Waals surface area contributed by atoms with Crippen LogP contribution in [0.3, 0.4) is 0 Å². The number of carboxylic acid groups (broad SMARTS) is 2. The molecule has 0 saturated carbocycles. The number of hydrogen-bond acceptors (Lipinski definition) is 5. The molecule has 1 unspecified atom stereocenters. The van der Waals surface area contributed by atoms with E-state index in [2.05, 4.69) is 15.9 Å². The summed E-state index contributed by atoms with van der Waals surface area (Å²) in [6.07, 6.45) is 1.99. The van der Waals surface area contributed by atoms with Crippen molar-refractivity contribution in [3.63, 3.8) is 0 Å². The van der Waals surface area contributed by atoms with Crippen molar-refractivity contribution in [2.45, 2.75) is 32.0 Å². The Morgan fingerprint density at radius 3 is 2.47 bits per heavy atom. The van der Waals surface area contributed by atoms with Gasteiger partial charge in [-0.05, 0) is 61.2 Å². The summed E-state index contributed by atoms with van der Waals surface area (Å²) in [5.74, 6) is -1.74.